The summed E-state index contributed by atoms with van der Waals surface area (Å²) < 4.78 is 0. The predicted molar refractivity (Wildman–Crippen MR) is 82.4 cm³/mol. The topological polar surface area (TPSA) is 94.9 Å². The van der Waals surface area contributed by atoms with Crippen molar-refractivity contribution in [2.75, 3.05) is 17.2 Å². The SMILES string of the molecule is Nc1cc(N)nc(SCC(=O)c2ccc(Cl)cc2Cl)n1. The zero-order valence-corrected chi connectivity index (χ0v) is 12.5. The number of thioether (sulfide) groups is 1. The zero-order chi connectivity index (χ0) is 14.7. The van der Waals surface area contributed by atoms with Crippen LogP contribution in [0.25, 0.3) is 0 Å². The number of carbonyl (C=O) groups excluding carboxylic acids is 1. The van der Waals surface area contributed by atoms with E-state index in [0.29, 0.717) is 20.8 Å². The van der Waals surface area contributed by atoms with Crippen LogP contribution in [0.5, 0.6) is 0 Å². The molecule has 2 aromatic rings. The van der Waals surface area contributed by atoms with Crippen molar-refractivity contribution in [2.24, 2.45) is 0 Å². The number of hydrogen-bond acceptors (Lipinski definition) is 6. The maximum Gasteiger partial charge on any atom is 0.191 e. The van der Waals surface area contributed by atoms with Crippen molar-refractivity contribution in [3.8, 4) is 0 Å². The Labute approximate surface area is 129 Å². The molecule has 20 heavy (non-hydrogen) atoms. The van der Waals surface area contributed by atoms with Crippen LogP contribution in [0.1, 0.15) is 10.4 Å². The second-order valence-electron chi connectivity index (χ2n) is 3.84. The minimum Gasteiger partial charge on any atom is -0.383 e. The van der Waals surface area contributed by atoms with Gasteiger partial charge in [0.15, 0.2) is 10.9 Å². The van der Waals surface area contributed by atoms with Crippen LogP contribution in [0.2, 0.25) is 10.0 Å². The molecule has 1 aromatic carbocycles. The molecule has 0 unspecified atom stereocenters. The maximum absolute atomic E-state index is 12.1. The monoisotopic (exact) mass is 328 g/mol. The highest BCUT2D eigenvalue weighted by molar-refractivity contribution is 7.99. The molecule has 0 fully saturated rings. The lowest BCUT2D eigenvalue weighted by atomic mass is 10.1. The first-order chi connectivity index (χ1) is 9.45. The van der Waals surface area contributed by atoms with Crippen molar-refractivity contribution in [1.82, 2.24) is 9.97 Å². The van der Waals surface area contributed by atoms with Crippen molar-refractivity contribution in [1.29, 1.82) is 0 Å². The second kappa shape index (κ2) is 6.30. The Kier molecular flexibility index (Phi) is 4.69. The first-order valence-corrected chi connectivity index (χ1v) is 7.21. The van der Waals surface area contributed by atoms with E-state index < -0.39 is 0 Å². The van der Waals surface area contributed by atoms with E-state index >= 15 is 0 Å². The van der Waals surface area contributed by atoms with Gasteiger partial charge >= 0.3 is 0 Å². The van der Waals surface area contributed by atoms with Gasteiger partial charge < -0.3 is 11.5 Å². The molecule has 5 nitrogen and oxygen atoms in total. The summed E-state index contributed by atoms with van der Waals surface area (Å²) >= 11 is 12.9. The highest BCUT2D eigenvalue weighted by atomic mass is 35.5. The van der Waals surface area contributed by atoms with Crippen molar-refractivity contribution in [2.45, 2.75) is 5.16 Å². The molecule has 104 valence electrons. The highest BCUT2D eigenvalue weighted by Gasteiger charge is 2.12. The molecule has 0 aliphatic rings. The number of nitrogen functional groups attached to an aromatic ring is 2. The lowest BCUT2D eigenvalue weighted by Crippen LogP contribution is -2.05. The minimum atomic E-state index is -0.152. The molecule has 1 aromatic heterocycles. The fourth-order valence-electron chi connectivity index (χ4n) is 1.45. The summed E-state index contributed by atoms with van der Waals surface area (Å²) in [6.07, 6.45) is 0. The van der Waals surface area contributed by atoms with Crippen LogP contribution >= 0.6 is 35.0 Å². The van der Waals surface area contributed by atoms with Crippen LogP contribution in [0.4, 0.5) is 11.6 Å². The molecule has 0 spiro atoms. The molecule has 1 heterocycles. The van der Waals surface area contributed by atoms with Crippen LogP contribution in [0.15, 0.2) is 29.4 Å². The quantitative estimate of drug-likeness (QED) is 0.509. The molecule has 2 rings (SSSR count). The molecule has 0 aliphatic heterocycles. The Morgan fingerprint density at radius 3 is 2.40 bits per heavy atom. The molecule has 0 radical (unpaired) electrons. The van der Waals surface area contributed by atoms with E-state index in [1.54, 1.807) is 12.1 Å². The molecule has 0 amide bonds. The van der Waals surface area contributed by atoms with E-state index in [1.165, 1.54) is 12.1 Å². The molecule has 8 heteroatoms. The number of halogens is 2. The van der Waals surface area contributed by atoms with Gasteiger partial charge in [-0.3, -0.25) is 4.79 Å². The fourth-order valence-corrected chi connectivity index (χ4v) is 2.72. The van der Waals surface area contributed by atoms with E-state index in [-0.39, 0.29) is 23.2 Å². The predicted octanol–water partition coefficient (Wildman–Crippen LogP) is 2.92. The van der Waals surface area contributed by atoms with E-state index in [1.807, 2.05) is 0 Å². The Morgan fingerprint density at radius 2 is 1.80 bits per heavy atom. The van der Waals surface area contributed by atoms with Crippen LogP contribution in [0, 0.1) is 0 Å². The van der Waals surface area contributed by atoms with E-state index in [0.717, 1.165) is 11.8 Å². The second-order valence-corrected chi connectivity index (χ2v) is 5.62. The van der Waals surface area contributed by atoms with Crippen molar-refractivity contribution in [3.63, 3.8) is 0 Å². The average molecular weight is 329 g/mol. The number of anilines is 2. The third kappa shape index (κ3) is 3.75. The van der Waals surface area contributed by atoms with Crippen LogP contribution < -0.4 is 11.5 Å². The summed E-state index contributed by atoms with van der Waals surface area (Å²) in [5.74, 6) is 0.500. The Hall–Kier alpha value is -1.50. The van der Waals surface area contributed by atoms with Gasteiger partial charge in [-0.1, -0.05) is 35.0 Å². The van der Waals surface area contributed by atoms with Gasteiger partial charge in [0.25, 0.3) is 0 Å². The van der Waals surface area contributed by atoms with E-state index in [9.17, 15) is 4.79 Å². The Bertz CT molecular complexity index is 646. The lowest BCUT2D eigenvalue weighted by molar-refractivity contribution is 0.102. The van der Waals surface area contributed by atoms with Crippen LogP contribution in [-0.4, -0.2) is 21.5 Å². The smallest absolute Gasteiger partial charge is 0.191 e. The van der Waals surface area contributed by atoms with Crippen molar-refractivity contribution in [3.05, 3.63) is 39.9 Å². The van der Waals surface area contributed by atoms with Gasteiger partial charge in [-0.15, -0.1) is 0 Å². The largest absolute Gasteiger partial charge is 0.383 e. The zero-order valence-electron chi connectivity index (χ0n) is 10.1. The third-order valence-electron chi connectivity index (χ3n) is 2.31. The van der Waals surface area contributed by atoms with Gasteiger partial charge in [0.1, 0.15) is 11.6 Å². The minimum absolute atomic E-state index is 0.129. The number of hydrogen-bond donors (Lipinski definition) is 2. The van der Waals surface area contributed by atoms with Crippen molar-refractivity contribution >= 4 is 52.4 Å². The fraction of sp³-hybridized carbons (Fsp3) is 0.0833. The number of nitrogens with zero attached hydrogens (tertiary/aromatic N) is 2. The molecular formula is C12H10Cl2N4OS. The van der Waals surface area contributed by atoms with Crippen LogP contribution in [0.3, 0.4) is 0 Å². The van der Waals surface area contributed by atoms with E-state index in [4.69, 9.17) is 34.7 Å². The van der Waals surface area contributed by atoms with Crippen molar-refractivity contribution < 1.29 is 4.79 Å². The summed E-state index contributed by atoms with van der Waals surface area (Å²) in [6.45, 7) is 0. The first-order valence-electron chi connectivity index (χ1n) is 5.47. The third-order valence-corrected chi connectivity index (χ3v) is 3.70. The summed E-state index contributed by atoms with van der Waals surface area (Å²) in [6, 6.07) is 6.17. The average Bonchev–Trinajstić information content (AvgIpc) is 2.35. The molecule has 0 aliphatic carbocycles. The lowest BCUT2D eigenvalue weighted by Gasteiger charge is -2.04. The number of rotatable bonds is 4. The number of carbonyl (C=O) groups is 1. The molecular weight excluding hydrogens is 319 g/mol. The molecule has 0 atom stereocenters. The van der Waals surface area contributed by atoms with Gasteiger partial charge in [-0.25, -0.2) is 9.97 Å². The van der Waals surface area contributed by atoms with Gasteiger partial charge in [0.05, 0.1) is 10.8 Å². The summed E-state index contributed by atoms with van der Waals surface area (Å²) in [5.41, 5.74) is 11.5. The summed E-state index contributed by atoms with van der Waals surface area (Å²) in [5, 5.41) is 1.14. The number of Topliss-reactive ketones (excluding diaryl/α,β-unsaturated/α-hetero) is 1. The number of ketones is 1. The molecule has 0 bridgehead atoms. The Balaban J connectivity index is 2.08. The van der Waals surface area contributed by atoms with Gasteiger partial charge in [-0.2, -0.15) is 0 Å². The summed E-state index contributed by atoms with van der Waals surface area (Å²) in [7, 11) is 0. The van der Waals surface area contributed by atoms with Crippen LogP contribution in [-0.2, 0) is 0 Å². The molecule has 0 saturated carbocycles. The Morgan fingerprint density at radius 1 is 1.15 bits per heavy atom. The number of aromatic nitrogens is 2. The van der Waals surface area contributed by atoms with Gasteiger partial charge in [0, 0.05) is 16.7 Å². The number of nitrogens with two attached hydrogens (primary N) is 2. The van der Waals surface area contributed by atoms with Gasteiger partial charge in [0.2, 0.25) is 0 Å². The highest BCUT2D eigenvalue weighted by Crippen LogP contribution is 2.24. The number of benzene rings is 1. The normalized spacial score (nSPS) is 10.5. The first kappa shape index (κ1) is 14.9. The standard InChI is InChI=1S/C12H10Cl2N4OS/c13-6-1-2-7(8(14)3-6)9(19)5-20-12-17-10(15)4-11(16)18-12/h1-4H,5H2,(H4,15,16,17,18). The molecule has 0 saturated heterocycles. The maximum atomic E-state index is 12.1. The summed E-state index contributed by atoms with van der Waals surface area (Å²) in [4.78, 5) is 20.0. The molecule has 4 N–H and O–H groups in total. The van der Waals surface area contributed by atoms with E-state index in [2.05, 4.69) is 9.97 Å². The van der Waals surface area contributed by atoms with Gasteiger partial charge in [-0.05, 0) is 18.2 Å².